The van der Waals surface area contributed by atoms with Crippen molar-refractivity contribution in [2.24, 2.45) is 11.1 Å². The van der Waals surface area contributed by atoms with Gasteiger partial charge in [0.05, 0.1) is 6.54 Å². The highest BCUT2D eigenvalue weighted by molar-refractivity contribution is 5.77. The number of carbonyl (C=O) groups is 1. The van der Waals surface area contributed by atoms with Gasteiger partial charge in [0, 0.05) is 6.54 Å². The van der Waals surface area contributed by atoms with Crippen molar-refractivity contribution in [2.45, 2.75) is 33.6 Å². The van der Waals surface area contributed by atoms with Gasteiger partial charge in [-0.15, -0.1) is 0 Å². The maximum Gasteiger partial charge on any atom is 0.233 e. The lowest BCUT2D eigenvalue weighted by Gasteiger charge is -2.17. The number of amides is 1. The van der Waals surface area contributed by atoms with Crippen molar-refractivity contribution in [3.63, 3.8) is 0 Å². The maximum atomic E-state index is 10.7. The Bertz CT molecular complexity index is 138. The predicted octanol–water partition coefficient (Wildman–Crippen LogP) is 0.888. The Hall–Kier alpha value is -0.570. The van der Waals surface area contributed by atoms with Gasteiger partial charge in [0.25, 0.3) is 0 Å². The molecule has 0 aliphatic heterocycles. The zero-order valence-corrected chi connectivity index (χ0v) is 8.31. The zero-order valence-electron chi connectivity index (χ0n) is 8.31. The number of hydrogen-bond acceptors (Lipinski definition) is 2. The molecule has 0 aliphatic carbocycles. The van der Waals surface area contributed by atoms with Gasteiger partial charge in [-0.3, -0.25) is 4.79 Å². The Morgan fingerprint density at radius 2 is 2.00 bits per heavy atom. The number of carbonyl (C=O) groups excluding carboxylic acids is 1. The molecule has 0 aromatic carbocycles. The predicted molar refractivity (Wildman–Crippen MR) is 50.8 cm³/mol. The van der Waals surface area contributed by atoms with Crippen molar-refractivity contribution in [1.82, 2.24) is 5.32 Å². The number of nitrogens with one attached hydrogen (secondary N) is 1. The SMILES string of the molecule is CC(C)(C)CCCNC(=O)CN. The highest BCUT2D eigenvalue weighted by Crippen LogP contribution is 2.19. The molecule has 0 saturated carbocycles. The molecule has 0 atom stereocenters. The molecule has 3 heteroatoms. The van der Waals surface area contributed by atoms with Gasteiger partial charge in [0.1, 0.15) is 0 Å². The van der Waals surface area contributed by atoms with Gasteiger partial charge in [-0.25, -0.2) is 0 Å². The van der Waals surface area contributed by atoms with Crippen LogP contribution in [0.4, 0.5) is 0 Å². The lowest BCUT2D eigenvalue weighted by molar-refractivity contribution is -0.119. The summed E-state index contributed by atoms with van der Waals surface area (Å²) in [6.07, 6.45) is 2.15. The molecular formula is C9H20N2O. The van der Waals surface area contributed by atoms with Gasteiger partial charge >= 0.3 is 0 Å². The Morgan fingerprint density at radius 1 is 1.42 bits per heavy atom. The van der Waals surface area contributed by atoms with E-state index in [9.17, 15) is 4.79 Å². The summed E-state index contributed by atoms with van der Waals surface area (Å²) in [6.45, 7) is 7.41. The molecule has 0 saturated heterocycles. The van der Waals surface area contributed by atoms with E-state index in [4.69, 9.17) is 5.73 Å². The third-order valence-corrected chi connectivity index (χ3v) is 1.61. The summed E-state index contributed by atoms with van der Waals surface area (Å²) in [5.74, 6) is -0.0658. The lowest BCUT2D eigenvalue weighted by Crippen LogP contribution is -2.31. The van der Waals surface area contributed by atoms with Gasteiger partial charge in [-0.2, -0.15) is 0 Å². The molecule has 0 unspecified atom stereocenters. The summed E-state index contributed by atoms with van der Waals surface area (Å²) in [7, 11) is 0. The lowest BCUT2D eigenvalue weighted by atomic mass is 9.91. The second-order valence-corrected chi connectivity index (χ2v) is 4.22. The summed E-state index contributed by atoms with van der Waals surface area (Å²) >= 11 is 0. The second kappa shape index (κ2) is 5.14. The number of hydrogen-bond donors (Lipinski definition) is 2. The monoisotopic (exact) mass is 172 g/mol. The Morgan fingerprint density at radius 3 is 2.42 bits per heavy atom. The molecule has 0 bridgehead atoms. The van der Waals surface area contributed by atoms with E-state index in [0.717, 1.165) is 19.4 Å². The van der Waals surface area contributed by atoms with Gasteiger partial charge in [0.2, 0.25) is 5.91 Å². The highest BCUT2D eigenvalue weighted by Gasteiger charge is 2.08. The van der Waals surface area contributed by atoms with E-state index in [1.807, 2.05) is 0 Å². The van der Waals surface area contributed by atoms with E-state index in [1.54, 1.807) is 0 Å². The van der Waals surface area contributed by atoms with Crippen LogP contribution in [0, 0.1) is 5.41 Å². The third-order valence-electron chi connectivity index (χ3n) is 1.61. The maximum absolute atomic E-state index is 10.7. The molecule has 0 spiro atoms. The minimum Gasteiger partial charge on any atom is -0.355 e. The summed E-state index contributed by atoms with van der Waals surface area (Å²) in [5, 5.41) is 2.74. The first kappa shape index (κ1) is 11.4. The van der Waals surface area contributed by atoms with Gasteiger partial charge < -0.3 is 11.1 Å². The van der Waals surface area contributed by atoms with Gasteiger partial charge in [-0.1, -0.05) is 20.8 Å². The molecule has 3 N–H and O–H groups in total. The Kier molecular flexibility index (Phi) is 4.90. The minimum atomic E-state index is -0.0658. The molecule has 3 nitrogen and oxygen atoms in total. The van der Waals surface area contributed by atoms with E-state index in [0.29, 0.717) is 5.41 Å². The first-order valence-electron chi connectivity index (χ1n) is 4.42. The van der Waals surface area contributed by atoms with Gasteiger partial charge in [-0.05, 0) is 18.3 Å². The normalized spacial score (nSPS) is 11.3. The minimum absolute atomic E-state index is 0.0658. The highest BCUT2D eigenvalue weighted by atomic mass is 16.1. The number of rotatable bonds is 4. The fourth-order valence-electron chi connectivity index (χ4n) is 0.919. The molecule has 0 aromatic rings. The molecule has 0 fully saturated rings. The Labute approximate surface area is 74.7 Å². The number of nitrogens with two attached hydrogens (primary N) is 1. The second-order valence-electron chi connectivity index (χ2n) is 4.22. The molecule has 0 rings (SSSR count). The summed E-state index contributed by atoms with van der Waals surface area (Å²) in [4.78, 5) is 10.7. The average Bonchev–Trinajstić information content (AvgIpc) is 1.96. The zero-order chi connectivity index (χ0) is 9.61. The molecule has 0 radical (unpaired) electrons. The van der Waals surface area contributed by atoms with Crippen molar-refractivity contribution in [3.05, 3.63) is 0 Å². The van der Waals surface area contributed by atoms with Gasteiger partial charge in [0.15, 0.2) is 0 Å². The van der Waals surface area contributed by atoms with Crippen LogP contribution in [-0.4, -0.2) is 19.0 Å². The molecule has 12 heavy (non-hydrogen) atoms. The quantitative estimate of drug-likeness (QED) is 0.619. The van der Waals surface area contributed by atoms with Crippen molar-refractivity contribution in [3.8, 4) is 0 Å². The Balaban J connectivity index is 3.28. The van der Waals surface area contributed by atoms with E-state index < -0.39 is 0 Å². The first-order chi connectivity index (χ1) is 5.45. The van der Waals surface area contributed by atoms with Crippen molar-refractivity contribution >= 4 is 5.91 Å². The summed E-state index contributed by atoms with van der Waals surface area (Å²) < 4.78 is 0. The average molecular weight is 172 g/mol. The summed E-state index contributed by atoms with van der Waals surface area (Å²) in [6, 6.07) is 0. The molecular weight excluding hydrogens is 152 g/mol. The fourth-order valence-corrected chi connectivity index (χ4v) is 0.919. The van der Waals surface area contributed by atoms with E-state index in [-0.39, 0.29) is 12.5 Å². The van der Waals surface area contributed by atoms with Crippen LogP contribution in [0.25, 0.3) is 0 Å². The van der Waals surface area contributed by atoms with Crippen LogP contribution in [0.15, 0.2) is 0 Å². The largest absolute Gasteiger partial charge is 0.355 e. The third kappa shape index (κ3) is 7.54. The molecule has 1 amide bonds. The van der Waals surface area contributed by atoms with Crippen LogP contribution in [0.5, 0.6) is 0 Å². The van der Waals surface area contributed by atoms with Crippen molar-refractivity contribution in [2.75, 3.05) is 13.1 Å². The van der Waals surface area contributed by atoms with E-state index >= 15 is 0 Å². The molecule has 0 aromatic heterocycles. The van der Waals surface area contributed by atoms with Crippen LogP contribution in [0.1, 0.15) is 33.6 Å². The standard InChI is InChI=1S/C9H20N2O/c1-9(2,3)5-4-6-11-8(12)7-10/h4-7,10H2,1-3H3,(H,11,12). The first-order valence-corrected chi connectivity index (χ1v) is 4.42. The van der Waals surface area contributed by atoms with E-state index in [1.165, 1.54) is 0 Å². The molecule has 72 valence electrons. The van der Waals surface area contributed by atoms with Crippen molar-refractivity contribution in [1.29, 1.82) is 0 Å². The molecule has 0 aliphatic rings. The summed E-state index contributed by atoms with van der Waals surface area (Å²) in [5.41, 5.74) is 5.48. The topological polar surface area (TPSA) is 55.1 Å². The van der Waals surface area contributed by atoms with Crippen LogP contribution in [-0.2, 0) is 4.79 Å². The fraction of sp³-hybridized carbons (Fsp3) is 0.889. The van der Waals surface area contributed by atoms with Crippen LogP contribution >= 0.6 is 0 Å². The van der Waals surface area contributed by atoms with Crippen LogP contribution in [0.3, 0.4) is 0 Å². The van der Waals surface area contributed by atoms with Crippen LogP contribution in [0.2, 0.25) is 0 Å². The smallest absolute Gasteiger partial charge is 0.233 e. The van der Waals surface area contributed by atoms with Crippen LogP contribution < -0.4 is 11.1 Å². The molecule has 0 heterocycles. The van der Waals surface area contributed by atoms with Crippen molar-refractivity contribution < 1.29 is 4.79 Å². The van der Waals surface area contributed by atoms with E-state index in [2.05, 4.69) is 26.1 Å².